The molecule has 0 radical (unpaired) electrons. The number of ether oxygens (including phenoxy) is 3. The van der Waals surface area contributed by atoms with Crippen LogP contribution in [-0.2, 0) is 19.0 Å². The minimum atomic E-state index is -0.890. The largest absolute Gasteiger partial charge is 0.388 e. The fourth-order valence-corrected chi connectivity index (χ4v) is 2.83. The average molecular weight is 369 g/mol. The van der Waals surface area contributed by atoms with Gasteiger partial charge in [-0.25, -0.2) is 4.79 Å². The molecule has 1 fully saturated rings. The number of nitrogens with one attached hydrogen (secondary N) is 1. The Kier molecular flexibility index (Phi) is 6.87. The van der Waals surface area contributed by atoms with E-state index in [2.05, 4.69) is 10.3 Å². The van der Waals surface area contributed by atoms with Crippen LogP contribution in [0.4, 0.5) is 5.82 Å². The summed E-state index contributed by atoms with van der Waals surface area (Å²) in [6.07, 6.45) is -1.40. The van der Waals surface area contributed by atoms with Crippen molar-refractivity contribution in [1.82, 2.24) is 9.55 Å². The fourth-order valence-electron chi connectivity index (χ4n) is 2.83. The summed E-state index contributed by atoms with van der Waals surface area (Å²) in [7, 11) is 1.58. The van der Waals surface area contributed by atoms with Crippen LogP contribution in [0, 0.1) is 0 Å². The van der Waals surface area contributed by atoms with Crippen LogP contribution in [0.25, 0.3) is 0 Å². The Balaban J connectivity index is 2.29. The number of anilines is 1. The molecule has 9 nitrogen and oxygen atoms in total. The van der Waals surface area contributed by atoms with Crippen molar-refractivity contribution < 1.29 is 24.1 Å². The van der Waals surface area contributed by atoms with Crippen LogP contribution in [0.3, 0.4) is 0 Å². The van der Waals surface area contributed by atoms with Crippen molar-refractivity contribution in [3.05, 3.63) is 22.7 Å². The number of aliphatic hydroxyl groups is 1. The van der Waals surface area contributed by atoms with E-state index < -0.39 is 30.2 Å². The van der Waals surface area contributed by atoms with Crippen LogP contribution in [0.5, 0.6) is 0 Å². The number of nitrogens with zero attached hydrogens (tertiary/aromatic N) is 2. The van der Waals surface area contributed by atoms with Crippen molar-refractivity contribution in [3.8, 4) is 0 Å². The van der Waals surface area contributed by atoms with Crippen LogP contribution in [0.15, 0.2) is 17.1 Å². The Labute approximate surface area is 152 Å². The van der Waals surface area contributed by atoms with Gasteiger partial charge in [-0.2, -0.15) is 4.98 Å². The predicted octanol–water partition coefficient (Wildman–Crippen LogP) is 0.679. The lowest BCUT2D eigenvalue weighted by Gasteiger charge is -2.28. The standard InChI is InChI=1S/C17H27N3O6/c1-6-12-14(22)15(25-10(3)9(2)24-5)16(26-12)20-8-7-13(18-11(4)21)19-17(20)23/h7-10,12,14-16,22H,6H2,1-5H3,(H,18,19,21,23)/t9-,10-,12-,14?,15+,16-/m1/s1. The van der Waals surface area contributed by atoms with Gasteiger partial charge in [-0.15, -0.1) is 0 Å². The average Bonchev–Trinajstić information content (AvgIpc) is 2.89. The monoisotopic (exact) mass is 369 g/mol. The Morgan fingerprint density at radius 2 is 2.15 bits per heavy atom. The summed E-state index contributed by atoms with van der Waals surface area (Å²) in [5, 5.41) is 13.0. The van der Waals surface area contributed by atoms with Crippen LogP contribution >= 0.6 is 0 Å². The molecule has 6 atom stereocenters. The maximum absolute atomic E-state index is 12.4. The number of aromatic nitrogens is 2. The lowest BCUT2D eigenvalue weighted by atomic mass is 10.1. The molecule has 0 spiro atoms. The molecule has 1 aromatic heterocycles. The maximum atomic E-state index is 12.4. The molecule has 9 heteroatoms. The van der Waals surface area contributed by atoms with Crippen LogP contribution in [0.1, 0.15) is 40.3 Å². The molecule has 26 heavy (non-hydrogen) atoms. The summed E-state index contributed by atoms with van der Waals surface area (Å²) >= 11 is 0. The van der Waals surface area contributed by atoms with E-state index in [4.69, 9.17) is 14.2 Å². The first-order valence-corrected chi connectivity index (χ1v) is 8.67. The van der Waals surface area contributed by atoms with Gasteiger partial charge in [0, 0.05) is 20.2 Å². The SMILES string of the molecule is CC[C@H]1O[C@@H](n2ccc(NC(C)=O)nc2=O)[C@@H](O[C@H](C)[C@@H](C)OC)C1O. The number of hydrogen-bond donors (Lipinski definition) is 2. The number of aliphatic hydroxyl groups excluding tert-OH is 1. The van der Waals surface area contributed by atoms with E-state index in [1.807, 2.05) is 20.8 Å². The first kappa shape index (κ1) is 20.5. The predicted molar refractivity (Wildman–Crippen MR) is 93.8 cm³/mol. The zero-order valence-corrected chi connectivity index (χ0v) is 15.7. The third kappa shape index (κ3) is 4.47. The van der Waals surface area contributed by atoms with E-state index in [-0.39, 0.29) is 23.9 Å². The second-order valence-corrected chi connectivity index (χ2v) is 6.39. The van der Waals surface area contributed by atoms with E-state index >= 15 is 0 Å². The lowest BCUT2D eigenvalue weighted by molar-refractivity contribution is -0.129. The van der Waals surface area contributed by atoms with Gasteiger partial charge in [-0.1, -0.05) is 6.92 Å². The molecule has 1 amide bonds. The molecule has 1 aliphatic heterocycles. The second kappa shape index (κ2) is 8.72. The van der Waals surface area contributed by atoms with E-state index in [1.165, 1.54) is 23.8 Å². The Bertz CT molecular complexity index is 679. The van der Waals surface area contributed by atoms with Gasteiger partial charge in [-0.3, -0.25) is 9.36 Å². The Morgan fingerprint density at radius 1 is 1.46 bits per heavy atom. The molecular formula is C17H27N3O6. The number of hydrogen-bond acceptors (Lipinski definition) is 7. The summed E-state index contributed by atoms with van der Waals surface area (Å²) in [6.45, 7) is 6.90. The molecule has 0 bridgehead atoms. The number of carbonyl (C=O) groups is 1. The smallest absolute Gasteiger partial charge is 0.351 e. The lowest BCUT2D eigenvalue weighted by Crippen LogP contribution is -2.41. The number of methoxy groups -OCH3 is 1. The number of amides is 1. The molecule has 0 saturated carbocycles. The van der Waals surface area contributed by atoms with Crippen molar-refractivity contribution in [2.24, 2.45) is 0 Å². The number of carbonyl (C=O) groups excluding carboxylic acids is 1. The molecule has 1 aliphatic rings. The zero-order valence-electron chi connectivity index (χ0n) is 15.7. The molecule has 2 N–H and O–H groups in total. The summed E-state index contributed by atoms with van der Waals surface area (Å²) in [4.78, 5) is 27.3. The van der Waals surface area contributed by atoms with Gasteiger partial charge in [0.05, 0.1) is 18.3 Å². The molecule has 146 valence electrons. The van der Waals surface area contributed by atoms with Crippen molar-refractivity contribution >= 4 is 11.7 Å². The van der Waals surface area contributed by atoms with E-state index in [1.54, 1.807) is 7.11 Å². The van der Waals surface area contributed by atoms with Crippen molar-refractivity contribution in [1.29, 1.82) is 0 Å². The summed E-state index contributed by atoms with van der Waals surface area (Å²) in [5.41, 5.74) is -0.605. The van der Waals surface area contributed by atoms with Gasteiger partial charge in [0.25, 0.3) is 0 Å². The molecule has 1 saturated heterocycles. The zero-order chi connectivity index (χ0) is 19.4. The Hall–Kier alpha value is -1.81. The molecule has 2 rings (SSSR count). The van der Waals surface area contributed by atoms with Gasteiger partial charge in [0.1, 0.15) is 18.0 Å². The van der Waals surface area contributed by atoms with Crippen LogP contribution in [0.2, 0.25) is 0 Å². The summed E-state index contributed by atoms with van der Waals surface area (Å²) < 4.78 is 18.3. The van der Waals surface area contributed by atoms with E-state index in [9.17, 15) is 14.7 Å². The maximum Gasteiger partial charge on any atom is 0.351 e. The first-order chi connectivity index (χ1) is 12.3. The third-order valence-corrected chi connectivity index (χ3v) is 4.53. The number of rotatable bonds is 7. The van der Waals surface area contributed by atoms with Gasteiger partial charge >= 0.3 is 5.69 Å². The van der Waals surface area contributed by atoms with Crippen LogP contribution < -0.4 is 11.0 Å². The van der Waals surface area contributed by atoms with Crippen molar-refractivity contribution in [2.45, 2.75) is 70.9 Å². The van der Waals surface area contributed by atoms with Gasteiger partial charge in [0.2, 0.25) is 5.91 Å². The highest BCUT2D eigenvalue weighted by Crippen LogP contribution is 2.33. The molecule has 1 unspecified atom stereocenters. The van der Waals surface area contributed by atoms with Gasteiger partial charge in [0.15, 0.2) is 6.23 Å². The van der Waals surface area contributed by atoms with Crippen molar-refractivity contribution in [3.63, 3.8) is 0 Å². The topological polar surface area (TPSA) is 112 Å². The minimum absolute atomic E-state index is 0.156. The molecule has 0 aromatic carbocycles. The fraction of sp³-hybridized carbons (Fsp3) is 0.706. The van der Waals surface area contributed by atoms with Gasteiger partial charge in [-0.05, 0) is 26.3 Å². The quantitative estimate of drug-likeness (QED) is 0.727. The molecule has 1 aromatic rings. The molecule has 0 aliphatic carbocycles. The van der Waals surface area contributed by atoms with Gasteiger partial charge < -0.3 is 24.6 Å². The normalized spacial score (nSPS) is 27.9. The third-order valence-electron chi connectivity index (χ3n) is 4.53. The molecular weight excluding hydrogens is 342 g/mol. The summed E-state index contributed by atoms with van der Waals surface area (Å²) in [5.74, 6) is -0.167. The highest BCUT2D eigenvalue weighted by atomic mass is 16.6. The highest BCUT2D eigenvalue weighted by Gasteiger charge is 2.46. The van der Waals surface area contributed by atoms with Crippen molar-refractivity contribution in [2.75, 3.05) is 12.4 Å². The van der Waals surface area contributed by atoms with E-state index in [0.29, 0.717) is 6.42 Å². The minimum Gasteiger partial charge on any atom is -0.388 e. The first-order valence-electron chi connectivity index (χ1n) is 8.67. The van der Waals surface area contributed by atoms with Crippen LogP contribution in [-0.4, -0.2) is 58.2 Å². The summed E-state index contributed by atoms with van der Waals surface area (Å²) in [6, 6.07) is 1.50. The molecule has 2 heterocycles. The Morgan fingerprint density at radius 3 is 2.69 bits per heavy atom. The second-order valence-electron chi connectivity index (χ2n) is 6.39. The van der Waals surface area contributed by atoms with E-state index in [0.717, 1.165) is 0 Å². The highest BCUT2D eigenvalue weighted by molar-refractivity contribution is 5.87.